The topological polar surface area (TPSA) is 15.3 Å². The molecule has 5 aliphatic rings. The van der Waals surface area contributed by atoms with Crippen LogP contribution in [0.15, 0.2) is 0 Å². The number of piperazine rings is 1. The molecule has 0 aromatic carbocycles. The fraction of sp³-hybridized carbons (Fsp3) is 1.00. The van der Waals surface area contributed by atoms with Crippen molar-refractivity contribution < 1.29 is 0 Å². The van der Waals surface area contributed by atoms with Crippen molar-refractivity contribution in [3.8, 4) is 0 Å². The largest absolute Gasteiger partial charge is 0.311 e. The molecule has 2 heteroatoms. The lowest BCUT2D eigenvalue weighted by molar-refractivity contribution is -0.134. The molecule has 108 valence electrons. The molecule has 5 fully saturated rings. The van der Waals surface area contributed by atoms with Crippen molar-refractivity contribution >= 4 is 0 Å². The summed E-state index contributed by atoms with van der Waals surface area (Å²) in [7, 11) is 0. The van der Waals surface area contributed by atoms with Crippen molar-refractivity contribution in [2.45, 2.75) is 76.4 Å². The van der Waals surface area contributed by atoms with Gasteiger partial charge in [0, 0.05) is 30.2 Å². The smallest absolute Gasteiger partial charge is 0.0283 e. The third-order valence-corrected chi connectivity index (χ3v) is 6.65. The van der Waals surface area contributed by atoms with Gasteiger partial charge in [-0.05, 0) is 77.0 Å². The predicted molar refractivity (Wildman–Crippen MR) is 79.2 cm³/mol. The van der Waals surface area contributed by atoms with Gasteiger partial charge >= 0.3 is 0 Å². The second kappa shape index (κ2) is 3.98. The Morgan fingerprint density at radius 2 is 1.47 bits per heavy atom. The molecule has 0 aromatic rings. The van der Waals surface area contributed by atoms with Gasteiger partial charge in [-0.1, -0.05) is 0 Å². The molecule has 2 nitrogen and oxygen atoms in total. The van der Waals surface area contributed by atoms with Crippen LogP contribution in [-0.4, -0.2) is 35.1 Å². The summed E-state index contributed by atoms with van der Waals surface area (Å²) in [5.41, 5.74) is 0.923. The number of rotatable bonds is 1. The Labute approximate surface area is 118 Å². The van der Waals surface area contributed by atoms with E-state index in [4.69, 9.17) is 0 Å². The highest BCUT2D eigenvalue weighted by molar-refractivity contribution is 5.11. The van der Waals surface area contributed by atoms with Gasteiger partial charge in [0.25, 0.3) is 0 Å². The third-order valence-electron chi connectivity index (χ3n) is 6.65. The third kappa shape index (κ3) is 1.90. The minimum Gasteiger partial charge on any atom is -0.311 e. The predicted octanol–water partition coefficient (Wildman–Crippen LogP) is 3.03. The average molecular weight is 262 g/mol. The second-order valence-corrected chi connectivity index (χ2v) is 8.85. The minimum absolute atomic E-state index is 0.345. The highest BCUT2D eigenvalue weighted by Crippen LogP contribution is 2.59. The molecule has 4 bridgehead atoms. The quantitative estimate of drug-likeness (QED) is 0.781. The molecular weight excluding hydrogens is 232 g/mol. The fourth-order valence-corrected chi connectivity index (χ4v) is 6.34. The molecule has 4 aliphatic carbocycles. The molecule has 1 atom stereocenters. The maximum Gasteiger partial charge on any atom is 0.0283 e. The summed E-state index contributed by atoms with van der Waals surface area (Å²) in [6.07, 6.45) is 9.20. The zero-order chi connectivity index (χ0) is 13.3. The van der Waals surface area contributed by atoms with Gasteiger partial charge in [0.2, 0.25) is 0 Å². The summed E-state index contributed by atoms with van der Waals surface area (Å²) in [5.74, 6) is 3.19. The van der Waals surface area contributed by atoms with Crippen LogP contribution in [0.5, 0.6) is 0 Å². The average Bonchev–Trinajstić information content (AvgIpc) is 2.30. The summed E-state index contributed by atoms with van der Waals surface area (Å²) in [5, 5.41) is 3.69. The van der Waals surface area contributed by atoms with E-state index in [0.29, 0.717) is 17.1 Å². The van der Waals surface area contributed by atoms with Gasteiger partial charge < -0.3 is 5.32 Å². The lowest BCUT2D eigenvalue weighted by Gasteiger charge is -2.65. The van der Waals surface area contributed by atoms with Crippen LogP contribution >= 0.6 is 0 Å². The lowest BCUT2D eigenvalue weighted by Crippen LogP contribution is -2.71. The van der Waals surface area contributed by atoms with E-state index in [1.54, 1.807) is 19.3 Å². The van der Waals surface area contributed by atoms with E-state index >= 15 is 0 Å². The van der Waals surface area contributed by atoms with E-state index in [0.717, 1.165) is 24.3 Å². The zero-order valence-electron chi connectivity index (χ0n) is 12.9. The Balaban J connectivity index is 1.66. The molecule has 1 heterocycles. The molecule has 1 unspecified atom stereocenters. The van der Waals surface area contributed by atoms with Crippen LogP contribution in [0.3, 0.4) is 0 Å². The van der Waals surface area contributed by atoms with Gasteiger partial charge in [0.15, 0.2) is 0 Å². The van der Waals surface area contributed by atoms with Crippen molar-refractivity contribution in [3.05, 3.63) is 0 Å². The molecule has 19 heavy (non-hydrogen) atoms. The highest BCUT2D eigenvalue weighted by Gasteiger charge is 2.56. The van der Waals surface area contributed by atoms with Crippen LogP contribution in [0.25, 0.3) is 0 Å². The molecular formula is C17H30N2. The maximum absolute atomic E-state index is 3.69. The highest BCUT2D eigenvalue weighted by atomic mass is 15.3. The summed E-state index contributed by atoms with van der Waals surface area (Å²) in [6.45, 7) is 9.72. The molecule has 0 radical (unpaired) electrons. The van der Waals surface area contributed by atoms with Gasteiger partial charge in [-0.3, -0.25) is 4.90 Å². The van der Waals surface area contributed by atoms with E-state index in [2.05, 4.69) is 31.0 Å². The Morgan fingerprint density at radius 3 is 2.00 bits per heavy atom. The van der Waals surface area contributed by atoms with E-state index < -0.39 is 0 Å². The number of nitrogens with one attached hydrogen (secondary N) is 1. The van der Waals surface area contributed by atoms with Crippen LogP contribution in [0, 0.1) is 17.8 Å². The normalized spacial score (nSPS) is 52.6. The van der Waals surface area contributed by atoms with Crippen LogP contribution in [0.4, 0.5) is 0 Å². The first-order chi connectivity index (χ1) is 8.97. The van der Waals surface area contributed by atoms with E-state index in [1.807, 2.05) is 0 Å². The molecule has 0 spiro atoms. The van der Waals surface area contributed by atoms with Crippen molar-refractivity contribution in [1.82, 2.24) is 10.2 Å². The molecule has 5 rings (SSSR count). The molecule has 1 aliphatic heterocycles. The summed E-state index contributed by atoms with van der Waals surface area (Å²) < 4.78 is 0. The van der Waals surface area contributed by atoms with Crippen LogP contribution in [0.2, 0.25) is 0 Å². The Hall–Kier alpha value is -0.0800. The molecule has 0 amide bonds. The van der Waals surface area contributed by atoms with Crippen molar-refractivity contribution in [1.29, 1.82) is 0 Å². The van der Waals surface area contributed by atoms with Crippen molar-refractivity contribution in [3.63, 3.8) is 0 Å². The first-order valence-electron chi connectivity index (χ1n) is 8.48. The Morgan fingerprint density at radius 1 is 0.947 bits per heavy atom. The summed E-state index contributed by atoms with van der Waals surface area (Å²) in [6, 6.07) is 0.668. The lowest BCUT2D eigenvalue weighted by atomic mass is 9.52. The minimum atomic E-state index is 0.345. The Kier molecular flexibility index (Phi) is 2.65. The molecule has 4 saturated carbocycles. The summed E-state index contributed by atoms with van der Waals surface area (Å²) in [4.78, 5) is 2.95. The van der Waals surface area contributed by atoms with E-state index in [1.165, 1.54) is 25.8 Å². The van der Waals surface area contributed by atoms with Gasteiger partial charge in [-0.25, -0.2) is 0 Å². The Bertz CT molecular complexity index is 338. The molecule has 1 N–H and O–H groups in total. The van der Waals surface area contributed by atoms with Crippen LogP contribution < -0.4 is 5.32 Å². The first-order valence-corrected chi connectivity index (χ1v) is 8.48. The van der Waals surface area contributed by atoms with Crippen LogP contribution in [0.1, 0.15) is 59.3 Å². The maximum atomic E-state index is 3.69. The van der Waals surface area contributed by atoms with Crippen molar-refractivity contribution in [2.75, 3.05) is 13.1 Å². The summed E-state index contributed by atoms with van der Waals surface area (Å²) >= 11 is 0. The van der Waals surface area contributed by atoms with Crippen molar-refractivity contribution in [2.24, 2.45) is 17.8 Å². The monoisotopic (exact) mass is 262 g/mol. The SMILES string of the molecule is CC1CN(C23CC4CC(CC(C4)C2)C3)C(C)(C)CN1. The van der Waals surface area contributed by atoms with Gasteiger partial charge in [-0.2, -0.15) is 0 Å². The standard InChI is InChI=1S/C17H30N2/c1-12-10-19(16(2,3)11-18-12)17-7-13-4-14(8-17)6-15(5-13)9-17/h12-15,18H,4-11H2,1-3H3. The molecule has 1 saturated heterocycles. The number of hydrogen-bond acceptors (Lipinski definition) is 2. The first kappa shape index (κ1) is 12.6. The number of hydrogen-bond donors (Lipinski definition) is 1. The van der Waals surface area contributed by atoms with Gasteiger partial charge in [0.05, 0.1) is 0 Å². The second-order valence-electron chi connectivity index (χ2n) is 8.85. The van der Waals surface area contributed by atoms with E-state index in [9.17, 15) is 0 Å². The zero-order valence-corrected chi connectivity index (χ0v) is 12.9. The fourth-order valence-electron chi connectivity index (χ4n) is 6.34. The number of nitrogens with zero attached hydrogens (tertiary/aromatic N) is 1. The molecule has 0 aromatic heterocycles. The van der Waals surface area contributed by atoms with Gasteiger partial charge in [-0.15, -0.1) is 0 Å². The van der Waals surface area contributed by atoms with E-state index in [-0.39, 0.29) is 0 Å². The van der Waals surface area contributed by atoms with Crippen LogP contribution in [-0.2, 0) is 0 Å². The van der Waals surface area contributed by atoms with Gasteiger partial charge in [0.1, 0.15) is 0 Å².